The van der Waals surface area contributed by atoms with Gasteiger partial charge >= 0.3 is 0 Å². The Kier molecular flexibility index (Phi) is 5.17. The molecule has 8 heteroatoms. The molecular weight excluding hydrogens is 336 g/mol. The van der Waals surface area contributed by atoms with Crippen LogP contribution < -0.4 is 0 Å². The van der Waals surface area contributed by atoms with Gasteiger partial charge in [-0.15, -0.1) is 10.2 Å². The molecule has 0 atom stereocenters. The summed E-state index contributed by atoms with van der Waals surface area (Å²) >= 11 is 1.56. The Hall–Kier alpha value is -2.22. The van der Waals surface area contributed by atoms with Crippen LogP contribution in [0.5, 0.6) is 0 Å². The van der Waals surface area contributed by atoms with E-state index in [4.69, 9.17) is 4.52 Å². The molecule has 3 rings (SSSR count). The SMILES string of the molecule is CCCn1c(SCc2nc(C(C)(C)C)no2)nnc1-c1ccncc1. The number of aromatic nitrogens is 6. The molecule has 7 nitrogen and oxygen atoms in total. The molecule has 0 aliphatic heterocycles. The molecule has 0 aliphatic rings. The molecule has 0 N–H and O–H groups in total. The smallest absolute Gasteiger partial charge is 0.237 e. The van der Waals surface area contributed by atoms with Crippen LogP contribution in [0.3, 0.4) is 0 Å². The van der Waals surface area contributed by atoms with Crippen LogP contribution >= 0.6 is 11.8 Å². The van der Waals surface area contributed by atoms with E-state index in [1.807, 2.05) is 12.1 Å². The number of hydrogen-bond donors (Lipinski definition) is 0. The highest BCUT2D eigenvalue weighted by Crippen LogP contribution is 2.27. The molecule has 132 valence electrons. The summed E-state index contributed by atoms with van der Waals surface area (Å²) in [5, 5.41) is 13.6. The van der Waals surface area contributed by atoms with Gasteiger partial charge in [0, 0.05) is 29.9 Å². The standard InChI is InChI=1S/C17H22N6OS/c1-5-10-23-14(12-6-8-18-9-7-12)20-21-16(23)25-11-13-19-15(22-24-13)17(2,3)4/h6-9H,5,10-11H2,1-4H3. The Bertz CT molecular complexity index is 821. The monoisotopic (exact) mass is 358 g/mol. The zero-order chi connectivity index (χ0) is 17.9. The van der Waals surface area contributed by atoms with Gasteiger partial charge in [-0.3, -0.25) is 4.98 Å². The highest BCUT2D eigenvalue weighted by atomic mass is 32.2. The van der Waals surface area contributed by atoms with Crippen LogP contribution in [0.15, 0.2) is 34.2 Å². The molecule has 0 aromatic carbocycles. The molecule has 0 aliphatic carbocycles. The van der Waals surface area contributed by atoms with Crippen molar-refractivity contribution in [2.45, 2.75) is 57.0 Å². The molecule has 0 amide bonds. The van der Waals surface area contributed by atoms with Crippen molar-refractivity contribution in [3.63, 3.8) is 0 Å². The first-order chi connectivity index (χ1) is 12.0. The van der Waals surface area contributed by atoms with Gasteiger partial charge in [0.05, 0.1) is 5.75 Å². The highest BCUT2D eigenvalue weighted by molar-refractivity contribution is 7.98. The van der Waals surface area contributed by atoms with Gasteiger partial charge in [-0.25, -0.2) is 0 Å². The maximum atomic E-state index is 5.36. The molecule has 0 bridgehead atoms. The third kappa shape index (κ3) is 4.07. The van der Waals surface area contributed by atoms with Crippen molar-refractivity contribution >= 4 is 11.8 Å². The topological polar surface area (TPSA) is 82.5 Å². The van der Waals surface area contributed by atoms with Gasteiger partial charge in [-0.2, -0.15) is 4.98 Å². The minimum absolute atomic E-state index is 0.122. The van der Waals surface area contributed by atoms with Crippen molar-refractivity contribution in [1.82, 2.24) is 29.9 Å². The van der Waals surface area contributed by atoms with E-state index in [1.54, 1.807) is 24.2 Å². The largest absolute Gasteiger partial charge is 0.338 e. The summed E-state index contributed by atoms with van der Waals surface area (Å²) < 4.78 is 7.48. The fourth-order valence-electron chi connectivity index (χ4n) is 2.28. The van der Waals surface area contributed by atoms with Gasteiger partial charge < -0.3 is 9.09 Å². The number of hydrogen-bond acceptors (Lipinski definition) is 7. The van der Waals surface area contributed by atoms with E-state index in [0.717, 1.165) is 35.3 Å². The molecule has 0 radical (unpaired) electrons. The average molecular weight is 358 g/mol. The second kappa shape index (κ2) is 7.35. The Morgan fingerprint density at radius 1 is 1.16 bits per heavy atom. The Balaban J connectivity index is 1.79. The van der Waals surface area contributed by atoms with Crippen LogP contribution in [0.1, 0.15) is 45.8 Å². The lowest BCUT2D eigenvalue weighted by Gasteiger charge is -2.10. The lowest BCUT2D eigenvalue weighted by atomic mass is 9.96. The van der Waals surface area contributed by atoms with E-state index in [0.29, 0.717) is 11.6 Å². The molecule has 0 unspecified atom stereocenters. The maximum absolute atomic E-state index is 5.36. The van der Waals surface area contributed by atoms with E-state index < -0.39 is 0 Å². The van der Waals surface area contributed by atoms with E-state index >= 15 is 0 Å². The second-order valence-corrected chi connectivity index (χ2v) is 7.69. The van der Waals surface area contributed by atoms with E-state index in [9.17, 15) is 0 Å². The van der Waals surface area contributed by atoms with Crippen molar-refractivity contribution in [2.75, 3.05) is 0 Å². The molecule has 0 saturated carbocycles. The molecule has 0 fully saturated rings. The van der Waals surface area contributed by atoms with E-state index in [1.165, 1.54) is 0 Å². The third-order valence-corrected chi connectivity index (χ3v) is 4.52. The molecule has 3 heterocycles. The summed E-state index contributed by atoms with van der Waals surface area (Å²) in [4.78, 5) is 8.53. The summed E-state index contributed by atoms with van der Waals surface area (Å²) in [5.41, 5.74) is 0.888. The van der Waals surface area contributed by atoms with Gasteiger partial charge in [-0.1, -0.05) is 44.6 Å². The van der Waals surface area contributed by atoms with Gasteiger partial charge in [-0.05, 0) is 18.6 Å². The summed E-state index contributed by atoms with van der Waals surface area (Å²) in [6.45, 7) is 9.18. The van der Waals surface area contributed by atoms with Crippen molar-refractivity contribution in [1.29, 1.82) is 0 Å². The fourth-order valence-corrected chi connectivity index (χ4v) is 3.08. The van der Waals surface area contributed by atoms with Crippen LogP contribution in [0.4, 0.5) is 0 Å². The zero-order valence-electron chi connectivity index (χ0n) is 14.9. The molecular formula is C17H22N6OS. The lowest BCUT2D eigenvalue weighted by molar-refractivity contribution is 0.372. The molecule has 0 saturated heterocycles. The molecule has 0 spiro atoms. The molecule has 3 aromatic heterocycles. The molecule has 3 aromatic rings. The predicted molar refractivity (Wildman–Crippen MR) is 96.1 cm³/mol. The minimum atomic E-state index is -0.122. The zero-order valence-corrected chi connectivity index (χ0v) is 15.7. The second-order valence-electron chi connectivity index (χ2n) is 6.74. The minimum Gasteiger partial charge on any atom is -0.338 e. The first-order valence-electron chi connectivity index (χ1n) is 8.28. The highest BCUT2D eigenvalue weighted by Gasteiger charge is 2.21. The van der Waals surface area contributed by atoms with Crippen molar-refractivity contribution < 1.29 is 4.52 Å². The third-order valence-electron chi connectivity index (χ3n) is 3.57. The maximum Gasteiger partial charge on any atom is 0.237 e. The van der Waals surface area contributed by atoms with Crippen molar-refractivity contribution in [3.05, 3.63) is 36.2 Å². The Morgan fingerprint density at radius 2 is 1.92 bits per heavy atom. The van der Waals surface area contributed by atoms with E-state index in [-0.39, 0.29) is 5.41 Å². The van der Waals surface area contributed by atoms with Crippen LogP contribution in [-0.2, 0) is 17.7 Å². The molecule has 25 heavy (non-hydrogen) atoms. The van der Waals surface area contributed by atoms with Crippen LogP contribution in [0.25, 0.3) is 11.4 Å². The Morgan fingerprint density at radius 3 is 2.56 bits per heavy atom. The van der Waals surface area contributed by atoms with Gasteiger partial charge in [0.2, 0.25) is 5.89 Å². The first kappa shape index (κ1) is 17.6. The average Bonchev–Trinajstić information content (AvgIpc) is 3.21. The number of thioether (sulfide) groups is 1. The van der Waals surface area contributed by atoms with Gasteiger partial charge in [0.25, 0.3) is 0 Å². The van der Waals surface area contributed by atoms with E-state index in [2.05, 4.69) is 57.6 Å². The van der Waals surface area contributed by atoms with Crippen LogP contribution in [0.2, 0.25) is 0 Å². The summed E-state index contributed by atoms with van der Waals surface area (Å²) in [5.74, 6) is 2.75. The van der Waals surface area contributed by atoms with Crippen LogP contribution in [-0.4, -0.2) is 29.9 Å². The summed E-state index contributed by atoms with van der Waals surface area (Å²) in [6.07, 6.45) is 4.53. The van der Waals surface area contributed by atoms with Gasteiger partial charge in [0.1, 0.15) is 0 Å². The van der Waals surface area contributed by atoms with Gasteiger partial charge in [0.15, 0.2) is 16.8 Å². The number of rotatable bonds is 6. The number of pyridine rings is 1. The Labute approximate surface area is 151 Å². The van der Waals surface area contributed by atoms with Crippen molar-refractivity contribution in [3.8, 4) is 11.4 Å². The summed E-state index contributed by atoms with van der Waals surface area (Å²) in [6, 6.07) is 3.89. The normalized spacial score (nSPS) is 11.8. The fraction of sp³-hybridized carbons (Fsp3) is 0.471. The number of nitrogens with zero attached hydrogens (tertiary/aromatic N) is 6. The predicted octanol–water partition coefficient (Wildman–Crippen LogP) is 3.72. The quantitative estimate of drug-likeness (QED) is 0.621. The summed E-state index contributed by atoms with van der Waals surface area (Å²) in [7, 11) is 0. The van der Waals surface area contributed by atoms with Crippen LogP contribution in [0, 0.1) is 0 Å². The first-order valence-corrected chi connectivity index (χ1v) is 9.27. The van der Waals surface area contributed by atoms with Crippen molar-refractivity contribution in [2.24, 2.45) is 0 Å². The lowest BCUT2D eigenvalue weighted by Crippen LogP contribution is -2.13.